The van der Waals surface area contributed by atoms with E-state index in [0.29, 0.717) is 0 Å². The summed E-state index contributed by atoms with van der Waals surface area (Å²) >= 11 is 0. The zero-order valence-electron chi connectivity index (χ0n) is 9.97. The Morgan fingerprint density at radius 1 is 1.11 bits per heavy atom. The van der Waals surface area contributed by atoms with Gasteiger partial charge in [0.1, 0.15) is 0 Å². The Labute approximate surface area is 106 Å². The van der Waals surface area contributed by atoms with Crippen LogP contribution in [0.5, 0.6) is 0 Å². The Balaban J connectivity index is 2.53. The molecule has 0 spiro atoms. The minimum Gasteiger partial charge on any atom is -0.481 e. The Bertz CT molecular complexity index is 671. The van der Waals surface area contributed by atoms with Crippen LogP contribution in [0.15, 0.2) is 48.5 Å². The number of hydrogen-bond donors (Lipinski definition) is 1. The zero-order chi connectivity index (χ0) is 13.0. The molecule has 0 heterocycles. The second-order valence-electron chi connectivity index (χ2n) is 4.11. The number of hydrogen-bond acceptors (Lipinski definition) is 1. The van der Waals surface area contributed by atoms with E-state index < -0.39 is 5.97 Å². The maximum atomic E-state index is 10.8. The van der Waals surface area contributed by atoms with Gasteiger partial charge in [-0.2, -0.15) is 0 Å². The predicted octanol–water partition coefficient (Wildman–Crippen LogP) is 1.55. The Hall–Kier alpha value is -2.35. The van der Waals surface area contributed by atoms with Crippen molar-refractivity contribution in [2.75, 3.05) is 0 Å². The van der Waals surface area contributed by atoms with E-state index in [1.54, 1.807) is 0 Å². The number of benzene rings is 2. The molecular weight excluding hydrogens is 224 g/mol. The number of carboxylic acids is 1. The summed E-state index contributed by atoms with van der Waals surface area (Å²) in [5, 5.41) is 10.8. The van der Waals surface area contributed by atoms with E-state index in [4.69, 9.17) is 5.11 Å². The second-order valence-corrected chi connectivity index (χ2v) is 4.11. The van der Waals surface area contributed by atoms with Gasteiger partial charge in [0, 0.05) is 0 Å². The highest BCUT2D eigenvalue weighted by molar-refractivity contribution is 5.72. The molecule has 0 atom stereocenters. The first-order valence-corrected chi connectivity index (χ1v) is 5.72. The molecule has 0 unspecified atom stereocenters. The third-order valence-corrected chi connectivity index (χ3v) is 2.76. The number of carboxylic acid groups (broad SMARTS) is 1. The Kier molecular flexibility index (Phi) is 3.58. The lowest BCUT2D eigenvalue weighted by molar-refractivity contribution is -0.136. The van der Waals surface area contributed by atoms with Crippen molar-refractivity contribution in [3.8, 4) is 0 Å². The van der Waals surface area contributed by atoms with Gasteiger partial charge in [0.2, 0.25) is 0 Å². The number of rotatable bonds is 3. The lowest BCUT2D eigenvalue weighted by Crippen LogP contribution is -2.22. The van der Waals surface area contributed by atoms with Crippen LogP contribution >= 0.6 is 0 Å². The van der Waals surface area contributed by atoms with Crippen LogP contribution < -0.4 is 10.4 Å². The van der Waals surface area contributed by atoms with Crippen LogP contribution in [0.1, 0.15) is 11.1 Å². The molecule has 0 saturated heterocycles. The summed E-state index contributed by atoms with van der Waals surface area (Å²) in [6, 6.07) is 15.3. The summed E-state index contributed by atoms with van der Waals surface area (Å²) in [6.45, 7) is 3.96. The van der Waals surface area contributed by atoms with Crippen molar-refractivity contribution in [3.63, 3.8) is 0 Å². The zero-order valence-corrected chi connectivity index (χ0v) is 9.97. The molecule has 90 valence electrons. The van der Waals surface area contributed by atoms with Gasteiger partial charge in [-0.05, 0) is 27.6 Å². The van der Waals surface area contributed by atoms with Crippen molar-refractivity contribution in [2.24, 2.45) is 0 Å². The lowest BCUT2D eigenvalue weighted by Gasteiger charge is -2.02. The molecule has 18 heavy (non-hydrogen) atoms. The predicted molar refractivity (Wildman–Crippen MR) is 72.6 cm³/mol. The summed E-state index contributed by atoms with van der Waals surface area (Å²) < 4.78 is 0. The van der Waals surface area contributed by atoms with Gasteiger partial charge < -0.3 is 5.11 Å². The van der Waals surface area contributed by atoms with E-state index in [0.717, 1.165) is 21.6 Å². The first kappa shape index (κ1) is 12.1. The molecule has 0 aromatic heterocycles. The van der Waals surface area contributed by atoms with Gasteiger partial charge in [0.05, 0.1) is 6.42 Å². The van der Waals surface area contributed by atoms with E-state index in [-0.39, 0.29) is 6.42 Å². The van der Waals surface area contributed by atoms with Crippen molar-refractivity contribution in [2.45, 2.75) is 6.42 Å². The van der Waals surface area contributed by atoms with Gasteiger partial charge in [-0.25, -0.2) is 0 Å². The monoisotopic (exact) mass is 238 g/mol. The van der Waals surface area contributed by atoms with E-state index in [1.807, 2.05) is 54.6 Å². The van der Waals surface area contributed by atoms with E-state index >= 15 is 0 Å². The summed E-state index contributed by atoms with van der Waals surface area (Å²) in [6.07, 6.45) is 2.01. The summed E-state index contributed by atoms with van der Waals surface area (Å²) in [7, 11) is 0. The average molecular weight is 238 g/mol. The molecule has 2 heteroatoms. The maximum absolute atomic E-state index is 10.8. The van der Waals surface area contributed by atoms with Gasteiger partial charge in [-0.1, -0.05) is 55.1 Å². The largest absolute Gasteiger partial charge is 0.481 e. The molecule has 0 fully saturated rings. The van der Waals surface area contributed by atoms with Crippen molar-refractivity contribution in [3.05, 3.63) is 70.1 Å². The summed E-state index contributed by atoms with van der Waals surface area (Å²) in [5.74, 6) is -0.821. The molecule has 0 saturated carbocycles. The minimum absolute atomic E-state index is 0.0337. The van der Waals surface area contributed by atoms with Crippen molar-refractivity contribution >= 4 is 18.6 Å². The van der Waals surface area contributed by atoms with E-state index in [9.17, 15) is 4.79 Å². The molecule has 0 radical (unpaired) electrons. The molecule has 1 N–H and O–H groups in total. The van der Waals surface area contributed by atoms with Crippen LogP contribution in [-0.4, -0.2) is 11.1 Å². The highest BCUT2D eigenvalue weighted by Gasteiger charge is 2.03. The first-order valence-electron chi connectivity index (χ1n) is 5.72. The normalized spacial score (nSPS) is 11.4. The van der Waals surface area contributed by atoms with Gasteiger partial charge in [0.25, 0.3) is 0 Å². The highest BCUT2D eigenvalue weighted by atomic mass is 16.4. The van der Waals surface area contributed by atoms with E-state index in [1.165, 1.54) is 0 Å². The topological polar surface area (TPSA) is 37.3 Å². The molecule has 0 aliphatic carbocycles. The highest BCUT2D eigenvalue weighted by Crippen LogP contribution is 2.10. The van der Waals surface area contributed by atoms with Crippen LogP contribution in [0.4, 0.5) is 0 Å². The maximum Gasteiger partial charge on any atom is 0.307 e. The summed E-state index contributed by atoms with van der Waals surface area (Å²) in [5.41, 5.74) is 1.74. The van der Waals surface area contributed by atoms with Gasteiger partial charge >= 0.3 is 5.97 Å². The average Bonchev–Trinajstić information content (AvgIpc) is 2.34. The van der Waals surface area contributed by atoms with Crippen molar-refractivity contribution in [1.82, 2.24) is 0 Å². The van der Waals surface area contributed by atoms with Gasteiger partial charge in [0.15, 0.2) is 0 Å². The van der Waals surface area contributed by atoms with Crippen LogP contribution in [0.2, 0.25) is 0 Å². The van der Waals surface area contributed by atoms with Crippen LogP contribution in [-0.2, 0) is 11.2 Å². The summed E-state index contributed by atoms with van der Waals surface area (Å²) in [4.78, 5) is 10.8. The van der Waals surface area contributed by atoms with Crippen LogP contribution in [0, 0.1) is 0 Å². The number of aliphatic carboxylic acids is 1. The fourth-order valence-corrected chi connectivity index (χ4v) is 1.84. The third-order valence-electron chi connectivity index (χ3n) is 2.76. The SMILES string of the molecule is C=c1cccc/c1=C/c1ccccc1CC(=O)O. The minimum atomic E-state index is -0.821. The fraction of sp³-hybridized carbons (Fsp3) is 0.0625. The molecular formula is C16H14O2. The second kappa shape index (κ2) is 5.32. The fourth-order valence-electron chi connectivity index (χ4n) is 1.84. The van der Waals surface area contributed by atoms with Crippen LogP contribution in [0.25, 0.3) is 12.7 Å². The Morgan fingerprint density at radius 2 is 1.78 bits per heavy atom. The molecule has 0 aliphatic heterocycles. The third kappa shape index (κ3) is 2.86. The smallest absolute Gasteiger partial charge is 0.307 e. The first-order chi connectivity index (χ1) is 8.66. The van der Waals surface area contributed by atoms with E-state index in [2.05, 4.69) is 6.58 Å². The lowest BCUT2D eigenvalue weighted by atomic mass is 10.0. The molecule has 2 aromatic carbocycles. The van der Waals surface area contributed by atoms with Crippen molar-refractivity contribution in [1.29, 1.82) is 0 Å². The van der Waals surface area contributed by atoms with Gasteiger partial charge in [-0.15, -0.1) is 0 Å². The molecule has 2 rings (SSSR count). The quantitative estimate of drug-likeness (QED) is 0.881. The molecule has 2 aromatic rings. The molecule has 0 amide bonds. The molecule has 0 aliphatic rings. The number of carbonyl (C=O) groups is 1. The van der Waals surface area contributed by atoms with Crippen LogP contribution in [0.3, 0.4) is 0 Å². The molecule has 0 bridgehead atoms. The molecule has 2 nitrogen and oxygen atoms in total. The van der Waals surface area contributed by atoms with Gasteiger partial charge in [-0.3, -0.25) is 4.79 Å². The van der Waals surface area contributed by atoms with Crippen molar-refractivity contribution < 1.29 is 9.90 Å². The Morgan fingerprint density at radius 3 is 2.50 bits per heavy atom. The standard InChI is InChI=1S/C16H14O2/c1-12-6-2-3-7-13(12)10-14-8-4-5-9-15(14)11-16(17)18/h2-10H,1,11H2,(H,17,18)/b13-10-.